The molecule has 1 unspecified atom stereocenters. The summed E-state index contributed by atoms with van der Waals surface area (Å²) in [5, 5.41) is 12.5. The molecule has 0 bridgehead atoms. The van der Waals surface area contributed by atoms with Crippen LogP contribution in [0.5, 0.6) is 5.75 Å². The summed E-state index contributed by atoms with van der Waals surface area (Å²) < 4.78 is 18.4. The number of hydrogen-bond donors (Lipinski definition) is 1. The molecule has 2 aromatic rings. The molecule has 0 fully saturated rings. The number of ether oxygens (including phenoxy) is 1. The maximum atomic E-state index is 13.1. The number of methoxy groups -OCH3 is 1. The molecule has 108 valence electrons. The van der Waals surface area contributed by atoms with E-state index in [0.717, 1.165) is 11.3 Å². The van der Waals surface area contributed by atoms with Crippen LogP contribution in [0.4, 0.5) is 10.1 Å². The lowest BCUT2D eigenvalue weighted by Gasteiger charge is -2.19. The average molecular weight is 305 g/mol. The molecule has 0 amide bonds. The van der Waals surface area contributed by atoms with Gasteiger partial charge in [0.15, 0.2) is 0 Å². The highest BCUT2D eigenvalue weighted by molar-refractivity contribution is 6.31. The van der Waals surface area contributed by atoms with Gasteiger partial charge in [-0.15, -0.1) is 0 Å². The van der Waals surface area contributed by atoms with Crippen LogP contribution in [0.3, 0.4) is 0 Å². The van der Waals surface area contributed by atoms with Crippen LogP contribution in [-0.2, 0) is 0 Å². The highest BCUT2D eigenvalue weighted by Crippen LogP contribution is 2.31. The molecule has 3 nitrogen and oxygen atoms in total. The molecule has 0 aliphatic carbocycles. The van der Waals surface area contributed by atoms with Crippen LogP contribution in [0.15, 0.2) is 36.4 Å². The molecule has 5 heteroatoms. The van der Waals surface area contributed by atoms with E-state index in [-0.39, 0.29) is 11.9 Å². The Morgan fingerprint density at radius 3 is 2.67 bits per heavy atom. The van der Waals surface area contributed by atoms with Gasteiger partial charge in [0.1, 0.15) is 11.6 Å². The molecule has 21 heavy (non-hydrogen) atoms. The van der Waals surface area contributed by atoms with E-state index in [9.17, 15) is 4.39 Å². The number of halogens is 2. The van der Waals surface area contributed by atoms with E-state index in [4.69, 9.17) is 21.6 Å². The summed E-state index contributed by atoms with van der Waals surface area (Å²) >= 11 is 6.06. The second kappa shape index (κ2) is 6.47. The molecule has 0 saturated heterocycles. The summed E-state index contributed by atoms with van der Waals surface area (Å²) in [4.78, 5) is 0. The predicted octanol–water partition coefficient (Wildman–Crippen LogP) is 4.53. The molecule has 0 heterocycles. The van der Waals surface area contributed by atoms with Crippen LogP contribution < -0.4 is 10.1 Å². The van der Waals surface area contributed by atoms with Crippen molar-refractivity contribution < 1.29 is 9.13 Å². The summed E-state index contributed by atoms with van der Waals surface area (Å²) in [6.07, 6.45) is 0. The summed E-state index contributed by atoms with van der Waals surface area (Å²) in [5.74, 6) is 0.200. The van der Waals surface area contributed by atoms with E-state index in [0.29, 0.717) is 16.3 Å². The number of benzene rings is 2. The highest BCUT2D eigenvalue weighted by Gasteiger charge is 2.13. The SMILES string of the molecule is COc1cc(C#N)ccc1NC(C)c1ccc(F)cc1Cl. The summed E-state index contributed by atoms with van der Waals surface area (Å²) in [6.45, 7) is 1.91. The molecule has 0 radical (unpaired) electrons. The van der Waals surface area contributed by atoms with Gasteiger partial charge >= 0.3 is 0 Å². The van der Waals surface area contributed by atoms with Crippen molar-refractivity contribution in [1.82, 2.24) is 0 Å². The highest BCUT2D eigenvalue weighted by atomic mass is 35.5. The third-order valence-corrected chi connectivity index (χ3v) is 3.46. The minimum absolute atomic E-state index is 0.139. The monoisotopic (exact) mass is 304 g/mol. The first-order valence-corrected chi connectivity index (χ1v) is 6.72. The molecular formula is C16H14ClFN2O. The number of nitriles is 1. The zero-order valence-electron chi connectivity index (χ0n) is 11.7. The van der Waals surface area contributed by atoms with E-state index in [1.165, 1.54) is 19.2 Å². The number of nitrogens with one attached hydrogen (secondary N) is 1. The van der Waals surface area contributed by atoms with Crippen LogP contribution in [-0.4, -0.2) is 7.11 Å². The second-order valence-corrected chi connectivity index (χ2v) is 4.97. The Labute approximate surface area is 127 Å². The molecule has 0 saturated carbocycles. The minimum Gasteiger partial charge on any atom is -0.495 e. The van der Waals surface area contributed by atoms with Crippen LogP contribution in [0.2, 0.25) is 5.02 Å². The summed E-state index contributed by atoms with van der Waals surface area (Å²) in [6, 6.07) is 11.3. The smallest absolute Gasteiger partial charge is 0.143 e. The molecule has 0 aliphatic rings. The van der Waals surface area contributed by atoms with Crippen molar-refractivity contribution in [2.24, 2.45) is 0 Å². The molecule has 0 spiro atoms. The Hall–Kier alpha value is -2.25. The summed E-state index contributed by atoms with van der Waals surface area (Å²) in [5.41, 5.74) is 2.04. The Morgan fingerprint density at radius 1 is 1.29 bits per heavy atom. The Bertz CT molecular complexity index is 697. The van der Waals surface area contributed by atoms with E-state index in [1.807, 2.05) is 6.92 Å². The summed E-state index contributed by atoms with van der Waals surface area (Å²) in [7, 11) is 1.54. The topological polar surface area (TPSA) is 45.0 Å². The van der Waals surface area contributed by atoms with Gasteiger partial charge in [0.25, 0.3) is 0 Å². The van der Waals surface area contributed by atoms with Crippen molar-refractivity contribution in [2.45, 2.75) is 13.0 Å². The largest absolute Gasteiger partial charge is 0.495 e. The first-order chi connectivity index (χ1) is 10.0. The maximum Gasteiger partial charge on any atom is 0.143 e. The van der Waals surface area contributed by atoms with E-state index in [2.05, 4.69) is 11.4 Å². The lowest BCUT2D eigenvalue weighted by Crippen LogP contribution is -2.08. The van der Waals surface area contributed by atoms with Crippen molar-refractivity contribution >= 4 is 17.3 Å². The lowest BCUT2D eigenvalue weighted by molar-refractivity contribution is 0.416. The van der Waals surface area contributed by atoms with Gasteiger partial charge in [0.2, 0.25) is 0 Å². The number of rotatable bonds is 4. The van der Waals surface area contributed by atoms with E-state index < -0.39 is 0 Å². The lowest BCUT2D eigenvalue weighted by atomic mass is 10.1. The van der Waals surface area contributed by atoms with Gasteiger partial charge in [-0.2, -0.15) is 5.26 Å². The van der Waals surface area contributed by atoms with Crippen LogP contribution in [0.25, 0.3) is 0 Å². The van der Waals surface area contributed by atoms with E-state index >= 15 is 0 Å². The van der Waals surface area contributed by atoms with Gasteiger partial charge in [0.05, 0.1) is 30.5 Å². The Morgan fingerprint density at radius 2 is 2.05 bits per heavy atom. The van der Waals surface area contributed by atoms with Crippen molar-refractivity contribution in [3.05, 3.63) is 58.4 Å². The quantitative estimate of drug-likeness (QED) is 0.902. The molecular weight excluding hydrogens is 291 g/mol. The Balaban J connectivity index is 2.27. The molecule has 0 aliphatic heterocycles. The fourth-order valence-electron chi connectivity index (χ4n) is 2.04. The van der Waals surface area contributed by atoms with Crippen LogP contribution >= 0.6 is 11.6 Å². The maximum absolute atomic E-state index is 13.1. The zero-order valence-corrected chi connectivity index (χ0v) is 12.4. The van der Waals surface area contributed by atoms with Gasteiger partial charge in [0, 0.05) is 11.1 Å². The number of nitrogens with zero attached hydrogens (tertiary/aromatic N) is 1. The van der Waals surface area contributed by atoms with Gasteiger partial charge < -0.3 is 10.1 Å². The fraction of sp³-hybridized carbons (Fsp3) is 0.188. The Kier molecular flexibility index (Phi) is 4.66. The second-order valence-electron chi connectivity index (χ2n) is 4.56. The van der Waals surface area contributed by atoms with Gasteiger partial charge in [-0.25, -0.2) is 4.39 Å². The molecule has 1 N–H and O–H groups in total. The average Bonchev–Trinajstić information content (AvgIpc) is 2.47. The third-order valence-electron chi connectivity index (χ3n) is 3.13. The van der Waals surface area contributed by atoms with Gasteiger partial charge in [-0.3, -0.25) is 0 Å². The first kappa shape index (κ1) is 15.1. The normalized spacial score (nSPS) is 11.6. The van der Waals surface area contributed by atoms with Crippen molar-refractivity contribution in [3.63, 3.8) is 0 Å². The number of hydrogen-bond acceptors (Lipinski definition) is 3. The zero-order chi connectivity index (χ0) is 15.4. The van der Waals surface area contributed by atoms with E-state index in [1.54, 1.807) is 24.3 Å². The number of anilines is 1. The van der Waals surface area contributed by atoms with Crippen molar-refractivity contribution in [3.8, 4) is 11.8 Å². The van der Waals surface area contributed by atoms with Gasteiger partial charge in [-0.05, 0) is 36.8 Å². The fourth-order valence-corrected chi connectivity index (χ4v) is 2.37. The molecule has 0 aromatic heterocycles. The van der Waals surface area contributed by atoms with Gasteiger partial charge in [-0.1, -0.05) is 17.7 Å². The van der Waals surface area contributed by atoms with Crippen LogP contribution in [0, 0.1) is 17.1 Å². The molecule has 2 rings (SSSR count). The third kappa shape index (κ3) is 3.45. The molecule has 2 aromatic carbocycles. The predicted molar refractivity (Wildman–Crippen MR) is 81.2 cm³/mol. The molecule has 1 atom stereocenters. The minimum atomic E-state index is -0.369. The van der Waals surface area contributed by atoms with Crippen molar-refractivity contribution in [2.75, 3.05) is 12.4 Å². The first-order valence-electron chi connectivity index (χ1n) is 6.34. The standard InChI is InChI=1S/C16H14ClFN2O/c1-10(13-5-4-12(18)8-14(13)17)20-15-6-3-11(9-19)7-16(15)21-2/h3-8,10,20H,1-2H3. The van der Waals surface area contributed by atoms with Crippen molar-refractivity contribution in [1.29, 1.82) is 5.26 Å². The van der Waals surface area contributed by atoms with Crippen LogP contribution in [0.1, 0.15) is 24.1 Å².